The number of rotatable bonds is 2. The summed E-state index contributed by atoms with van der Waals surface area (Å²) in [6.45, 7) is 0. The lowest BCUT2D eigenvalue weighted by Crippen LogP contribution is -2.39. The lowest BCUT2D eigenvalue weighted by atomic mass is 9.96. The lowest BCUT2D eigenvalue weighted by molar-refractivity contribution is 0.244. The summed E-state index contributed by atoms with van der Waals surface area (Å²) in [5, 5.41) is 5.33. The second-order valence-corrected chi connectivity index (χ2v) is 4.64. The first-order valence-corrected chi connectivity index (χ1v) is 6.28. The van der Waals surface area contributed by atoms with Crippen molar-refractivity contribution in [3.8, 4) is 0 Å². The van der Waals surface area contributed by atoms with Crippen molar-refractivity contribution in [3.05, 3.63) is 24.0 Å². The van der Waals surface area contributed by atoms with Crippen LogP contribution in [-0.2, 0) is 0 Å². The van der Waals surface area contributed by atoms with Crippen LogP contribution < -0.4 is 16.4 Å². The van der Waals surface area contributed by atoms with Crippen LogP contribution in [0.3, 0.4) is 0 Å². The summed E-state index contributed by atoms with van der Waals surface area (Å²) in [4.78, 5) is 11.7. The van der Waals surface area contributed by atoms with Crippen LogP contribution >= 0.6 is 0 Å². The molecular weight excluding hydrogens is 233 g/mol. The van der Waals surface area contributed by atoms with Gasteiger partial charge < -0.3 is 16.4 Å². The molecule has 1 aromatic rings. The number of halogens is 1. The average Bonchev–Trinajstić information content (AvgIpc) is 2.35. The molecule has 1 aliphatic carbocycles. The van der Waals surface area contributed by atoms with Crippen molar-refractivity contribution < 1.29 is 9.18 Å². The minimum atomic E-state index is -0.520. The zero-order valence-corrected chi connectivity index (χ0v) is 10.2. The van der Waals surface area contributed by atoms with Gasteiger partial charge in [-0.3, -0.25) is 0 Å². The molecular formula is C13H18FN3O. The van der Waals surface area contributed by atoms with Crippen LogP contribution in [0.1, 0.15) is 32.1 Å². The molecule has 98 valence electrons. The van der Waals surface area contributed by atoms with E-state index in [1.54, 1.807) is 6.07 Å². The zero-order valence-electron chi connectivity index (χ0n) is 10.2. The van der Waals surface area contributed by atoms with E-state index in [0.717, 1.165) is 25.7 Å². The van der Waals surface area contributed by atoms with Crippen LogP contribution in [0.5, 0.6) is 0 Å². The maximum absolute atomic E-state index is 13.5. The molecule has 2 rings (SSSR count). The first-order chi connectivity index (χ1) is 8.66. The normalized spacial score (nSPS) is 16.3. The molecule has 0 heterocycles. The number of nitrogens with two attached hydrogens (primary N) is 1. The number of carbonyl (C=O) groups excluding carboxylic acids is 1. The standard InChI is InChI=1S/C13H18FN3O/c14-10-7-4-8-11(15)12(10)17-13(18)16-9-5-2-1-3-6-9/h4,7-9H,1-3,5-6,15H2,(H2,16,17,18). The molecule has 5 heteroatoms. The van der Waals surface area contributed by atoms with Crippen molar-refractivity contribution in [2.45, 2.75) is 38.1 Å². The minimum Gasteiger partial charge on any atom is -0.397 e. The van der Waals surface area contributed by atoms with Gasteiger partial charge in [0, 0.05) is 6.04 Å². The van der Waals surface area contributed by atoms with Crippen LogP contribution in [-0.4, -0.2) is 12.1 Å². The molecule has 0 aliphatic heterocycles. The van der Waals surface area contributed by atoms with Crippen LogP contribution in [0, 0.1) is 5.82 Å². The number of urea groups is 1. The quantitative estimate of drug-likeness (QED) is 0.707. The third-order valence-corrected chi connectivity index (χ3v) is 3.22. The van der Waals surface area contributed by atoms with Gasteiger partial charge in [-0.1, -0.05) is 25.3 Å². The molecule has 0 bridgehead atoms. The van der Waals surface area contributed by atoms with Gasteiger partial charge in [0.05, 0.1) is 5.69 Å². The molecule has 0 radical (unpaired) electrons. The Bertz CT molecular complexity index is 410. The lowest BCUT2D eigenvalue weighted by Gasteiger charge is -2.23. The van der Waals surface area contributed by atoms with E-state index in [2.05, 4.69) is 10.6 Å². The van der Waals surface area contributed by atoms with Gasteiger partial charge in [0.2, 0.25) is 0 Å². The van der Waals surface area contributed by atoms with Crippen LogP contribution in [0.2, 0.25) is 0 Å². The highest BCUT2D eigenvalue weighted by Gasteiger charge is 2.17. The summed E-state index contributed by atoms with van der Waals surface area (Å²) in [6, 6.07) is 4.13. The maximum Gasteiger partial charge on any atom is 0.319 e. The molecule has 2 amide bonds. The number of nitrogens with one attached hydrogen (secondary N) is 2. The van der Waals surface area contributed by atoms with Crippen molar-refractivity contribution in [3.63, 3.8) is 0 Å². The molecule has 0 spiro atoms. The number of nitrogen functional groups attached to an aromatic ring is 1. The molecule has 0 unspecified atom stereocenters. The SMILES string of the molecule is Nc1cccc(F)c1NC(=O)NC1CCCCC1. The zero-order chi connectivity index (χ0) is 13.0. The monoisotopic (exact) mass is 251 g/mol. The molecule has 4 nitrogen and oxygen atoms in total. The highest BCUT2D eigenvalue weighted by molar-refractivity contribution is 5.92. The van der Waals surface area contributed by atoms with Gasteiger partial charge in [0.1, 0.15) is 11.5 Å². The van der Waals surface area contributed by atoms with E-state index >= 15 is 0 Å². The Morgan fingerprint density at radius 2 is 2.00 bits per heavy atom. The topological polar surface area (TPSA) is 67.1 Å². The minimum absolute atomic E-state index is 0.0470. The van der Waals surface area contributed by atoms with Gasteiger partial charge in [-0.15, -0.1) is 0 Å². The Morgan fingerprint density at radius 3 is 2.67 bits per heavy atom. The van der Waals surface area contributed by atoms with Crippen molar-refractivity contribution >= 4 is 17.4 Å². The van der Waals surface area contributed by atoms with Gasteiger partial charge in [-0.2, -0.15) is 0 Å². The molecule has 0 aromatic heterocycles. The van der Waals surface area contributed by atoms with Crippen molar-refractivity contribution in [1.29, 1.82) is 0 Å². The Morgan fingerprint density at radius 1 is 1.28 bits per heavy atom. The van der Waals surface area contributed by atoms with Gasteiger partial charge >= 0.3 is 6.03 Å². The summed E-state index contributed by atoms with van der Waals surface area (Å²) in [5.74, 6) is -0.520. The summed E-state index contributed by atoms with van der Waals surface area (Å²) in [6.07, 6.45) is 5.46. The number of hydrogen-bond acceptors (Lipinski definition) is 2. The van der Waals surface area contributed by atoms with Crippen molar-refractivity contribution in [1.82, 2.24) is 5.32 Å². The number of anilines is 2. The Labute approximate surface area is 106 Å². The first kappa shape index (κ1) is 12.7. The molecule has 1 aliphatic rings. The first-order valence-electron chi connectivity index (χ1n) is 6.28. The van der Waals surface area contributed by atoms with E-state index in [-0.39, 0.29) is 17.4 Å². The molecule has 1 aromatic carbocycles. The number of para-hydroxylation sites is 1. The molecule has 0 saturated heterocycles. The number of amides is 2. The van der Waals surface area contributed by atoms with E-state index in [1.165, 1.54) is 18.6 Å². The van der Waals surface area contributed by atoms with E-state index in [0.29, 0.717) is 0 Å². The largest absolute Gasteiger partial charge is 0.397 e. The van der Waals surface area contributed by atoms with Crippen molar-refractivity contribution in [2.24, 2.45) is 0 Å². The van der Waals surface area contributed by atoms with E-state index in [9.17, 15) is 9.18 Å². The number of hydrogen-bond donors (Lipinski definition) is 3. The third kappa shape index (κ3) is 3.12. The fourth-order valence-corrected chi connectivity index (χ4v) is 2.25. The van der Waals surface area contributed by atoms with Gasteiger partial charge in [0.15, 0.2) is 0 Å². The van der Waals surface area contributed by atoms with Crippen LogP contribution in [0.15, 0.2) is 18.2 Å². The second kappa shape index (κ2) is 5.71. The van der Waals surface area contributed by atoms with Gasteiger partial charge in [-0.05, 0) is 25.0 Å². The summed E-state index contributed by atoms with van der Waals surface area (Å²) in [5.41, 5.74) is 5.90. The summed E-state index contributed by atoms with van der Waals surface area (Å²) in [7, 11) is 0. The van der Waals surface area contributed by atoms with E-state index in [4.69, 9.17) is 5.73 Å². The van der Waals surface area contributed by atoms with E-state index in [1.807, 2.05) is 0 Å². The third-order valence-electron chi connectivity index (χ3n) is 3.22. The van der Waals surface area contributed by atoms with E-state index < -0.39 is 11.8 Å². The fourth-order valence-electron chi connectivity index (χ4n) is 2.25. The average molecular weight is 251 g/mol. The summed E-state index contributed by atoms with van der Waals surface area (Å²) >= 11 is 0. The predicted molar refractivity (Wildman–Crippen MR) is 69.8 cm³/mol. The predicted octanol–water partition coefficient (Wildman–Crippen LogP) is 2.86. The molecule has 18 heavy (non-hydrogen) atoms. The Hall–Kier alpha value is -1.78. The molecule has 1 saturated carbocycles. The fraction of sp³-hybridized carbons (Fsp3) is 0.462. The van der Waals surface area contributed by atoms with Gasteiger partial charge in [-0.25, -0.2) is 9.18 Å². The smallest absolute Gasteiger partial charge is 0.319 e. The Balaban J connectivity index is 1.94. The highest BCUT2D eigenvalue weighted by Crippen LogP contribution is 2.22. The van der Waals surface area contributed by atoms with Crippen LogP contribution in [0.25, 0.3) is 0 Å². The molecule has 0 atom stereocenters. The molecule has 1 fully saturated rings. The highest BCUT2D eigenvalue weighted by atomic mass is 19.1. The molecule has 4 N–H and O–H groups in total. The van der Waals surface area contributed by atoms with Gasteiger partial charge in [0.25, 0.3) is 0 Å². The van der Waals surface area contributed by atoms with Crippen molar-refractivity contribution in [2.75, 3.05) is 11.1 Å². The van der Waals surface area contributed by atoms with Crippen LogP contribution in [0.4, 0.5) is 20.6 Å². The maximum atomic E-state index is 13.5. The Kier molecular flexibility index (Phi) is 4.02. The number of carbonyl (C=O) groups is 1. The summed E-state index contributed by atoms with van der Waals surface area (Å²) < 4.78 is 13.5. The number of benzene rings is 1. The second-order valence-electron chi connectivity index (χ2n) is 4.64.